The van der Waals surface area contributed by atoms with Gasteiger partial charge in [0.2, 0.25) is 0 Å². The van der Waals surface area contributed by atoms with Crippen LogP contribution in [0.2, 0.25) is 0 Å². The maximum Gasteiger partial charge on any atom is 0.255 e. The van der Waals surface area contributed by atoms with Crippen molar-refractivity contribution in [2.75, 3.05) is 25.1 Å². The molecule has 1 unspecified atom stereocenters. The van der Waals surface area contributed by atoms with Crippen LogP contribution in [0.4, 0.5) is 5.82 Å². The van der Waals surface area contributed by atoms with Gasteiger partial charge in [0.25, 0.3) is 5.91 Å². The summed E-state index contributed by atoms with van der Waals surface area (Å²) in [5, 5.41) is 16.0. The normalized spacial score (nSPS) is 19.2. The fourth-order valence-corrected chi connectivity index (χ4v) is 2.99. The van der Waals surface area contributed by atoms with Crippen molar-refractivity contribution < 1.29 is 14.6 Å². The molecule has 1 aromatic heterocycles. The number of rotatable bonds is 9. The Morgan fingerprint density at radius 1 is 1.33 bits per heavy atom. The molecule has 132 valence electrons. The molecule has 1 amide bonds. The van der Waals surface area contributed by atoms with Crippen molar-refractivity contribution in [1.29, 1.82) is 0 Å². The van der Waals surface area contributed by atoms with E-state index in [9.17, 15) is 9.90 Å². The van der Waals surface area contributed by atoms with E-state index in [1.807, 2.05) is 0 Å². The summed E-state index contributed by atoms with van der Waals surface area (Å²) in [6.45, 7) is 1.15. The van der Waals surface area contributed by atoms with Gasteiger partial charge in [0.05, 0.1) is 18.3 Å². The highest BCUT2D eigenvalue weighted by Gasteiger charge is 2.22. The highest BCUT2D eigenvalue weighted by Crippen LogP contribution is 2.28. The van der Waals surface area contributed by atoms with Gasteiger partial charge in [-0.1, -0.05) is 12.8 Å². The van der Waals surface area contributed by atoms with Gasteiger partial charge in [-0.2, -0.15) is 0 Å². The van der Waals surface area contributed by atoms with Crippen molar-refractivity contribution in [3.8, 4) is 0 Å². The first-order valence-corrected chi connectivity index (χ1v) is 8.98. The van der Waals surface area contributed by atoms with Gasteiger partial charge >= 0.3 is 0 Å². The number of carbonyl (C=O) groups is 1. The summed E-state index contributed by atoms with van der Waals surface area (Å²) in [5.74, 6) is 1.08. The first-order chi connectivity index (χ1) is 11.7. The molecule has 0 bridgehead atoms. The van der Waals surface area contributed by atoms with E-state index in [4.69, 9.17) is 4.74 Å². The maximum atomic E-state index is 12.4. The number of aromatic nitrogens is 1. The number of aliphatic hydroxyl groups is 1. The zero-order chi connectivity index (χ0) is 16.8. The number of pyridine rings is 1. The molecule has 6 nitrogen and oxygen atoms in total. The highest BCUT2D eigenvalue weighted by atomic mass is 16.5. The van der Waals surface area contributed by atoms with E-state index in [1.165, 1.54) is 25.7 Å². The van der Waals surface area contributed by atoms with Crippen molar-refractivity contribution in [2.45, 2.75) is 50.7 Å². The van der Waals surface area contributed by atoms with Crippen LogP contribution < -0.4 is 10.6 Å². The smallest absolute Gasteiger partial charge is 0.255 e. The predicted molar refractivity (Wildman–Crippen MR) is 92.0 cm³/mol. The van der Waals surface area contributed by atoms with Crippen LogP contribution in [0.15, 0.2) is 18.3 Å². The molecule has 0 saturated heterocycles. The summed E-state index contributed by atoms with van der Waals surface area (Å²) in [5.41, 5.74) is 0.524. The van der Waals surface area contributed by atoms with E-state index in [-0.39, 0.29) is 19.1 Å². The number of aliphatic hydroxyl groups excluding tert-OH is 1. The Bertz CT molecular complexity index is 542. The van der Waals surface area contributed by atoms with Crippen molar-refractivity contribution >= 4 is 11.7 Å². The zero-order valence-corrected chi connectivity index (χ0v) is 14.0. The second-order valence-corrected chi connectivity index (χ2v) is 6.87. The summed E-state index contributed by atoms with van der Waals surface area (Å²) in [6.07, 6.45) is 8.14. The molecular formula is C18H27N3O3. The van der Waals surface area contributed by atoms with E-state index in [2.05, 4.69) is 15.6 Å². The molecule has 2 saturated carbocycles. The van der Waals surface area contributed by atoms with E-state index >= 15 is 0 Å². The number of hydrogen-bond acceptors (Lipinski definition) is 5. The lowest BCUT2D eigenvalue weighted by Gasteiger charge is -2.16. The standard InChI is InChI=1S/C18H27N3O3/c22-15(12-24-11-13-7-8-13)10-20-18(23)16-6-3-9-19-17(16)21-14-4-1-2-5-14/h3,6,9,13-15,22H,1-2,4-5,7-8,10-12H2,(H,19,21)(H,20,23). The van der Waals surface area contributed by atoms with Crippen molar-refractivity contribution in [3.05, 3.63) is 23.9 Å². The van der Waals surface area contributed by atoms with Crippen LogP contribution in [0.25, 0.3) is 0 Å². The molecule has 3 N–H and O–H groups in total. The third kappa shape index (κ3) is 5.18. The number of nitrogens with zero attached hydrogens (tertiary/aromatic N) is 1. The van der Waals surface area contributed by atoms with E-state index in [1.54, 1.807) is 18.3 Å². The molecule has 3 rings (SSSR count). The second-order valence-electron chi connectivity index (χ2n) is 6.87. The average Bonchev–Trinajstić information content (AvgIpc) is 3.27. The first kappa shape index (κ1) is 17.2. The van der Waals surface area contributed by atoms with Crippen LogP contribution in [0.1, 0.15) is 48.9 Å². The number of nitrogens with one attached hydrogen (secondary N) is 2. The van der Waals surface area contributed by atoms with E-state index in [0.29, 0.717) is 29.9 Å². The molecule has 0 spiro atoms. The molecule has 0 radical (unpaired) electrons. The molecule has 1 aromatic rings. The molecular weight excluding hydrogens is 306 g/mol. The minimum atomic E-state index is -0.685. The fourth-order valence-electron chi connectivity index (χ4n) is 2.99. The SMILES string of the molecule is O=C(NCC(O)COCC1CC1)c1cccnc1NC1CCCC1. The Labute approximate surface area is 143 Å². The minimum absolute atomic E-state index is 0.182. The van der Waals surface area contributed by atoms with Gasteiger partial charge in [-0.25, -0.2) is 4.98 Å². The van der Waals surface area contributed by atoms with Crippen LogP contribution in [0.3, 0.4) is 0 Å². The number of ether oxygens (including phenoxy) is 1. The molecule has 1 heterocycles. The lowest BCUT2D eigenvalue weighted by molar-refractivity contribution is 0.0321. The summed E-state index contributed by atoms with van der Waals surface area (Å²) in [6, 6.07) is 3.91. The minimum Gasteiger partial charge on any atom is -0.389 e. The Morgan fingerprint density at radius 2 is 2.12 bits per heavy atom. The summed E-state index contributed by atoms with van der Waals surface area (Å²) in [4.78, 5) is 16.7. The van der Waals surface area contributed by atoms with Crippen molar-refractivity contribution in [1.82, 2.24) is 10.3 Å². The van der Waals surface area contributed by atoms with Gasteiger partial charge in [-0.15, -0.1) is 0 Å². The van der Waals surface area contributed by atoms with Crippen LogP contribution in [-0.2, 0) is 4.74 Å². The fraction of sp³-hybridized carbons (Fsp3) is 0.667. The first-order valence-electron chi connectivity index (χ1n) is 8.98. The van der Waals surface area contributed by atoms with Gasteiger partial charge in [0.1, 0.15) is 5.82 Å². The quantitative estimate of drug-likeness (QED) is 0.643. The molecule has 6 heteroatoms. The molecule has 1 atom stereocenters. The third-order valence-electron chi connectivity index (χ3n) is 4.61. The number of hydrogen-bond donors (Lipinski definition) is 3. The molecule has 2 aliphatic carbocycles. The van der Waals surface area contributed by atoms with Gasteiger partial charge in [0.15, 0.2) is 0 Å². The monoisotopic (exact) mass is 333 g/mol. The third-order valence-corrected chi connectivity index (χ3v) is 4.61. The van der Waals surface area contributed by atoms with E-state index < -0.39 is 6.10 Å². The van der Waals surface area contributed by atoms with E-state index in [0.717, 1.165) is 12.8 Å². The van der Waals surface area contributed by atoms with Crippen LogP contribution >= 0.6 is 0 Å². The number of amides is 1. The highest BCUT2D eigenvalue weighted by molar-refractivity contribution is 5.98. The second kappa shape index (κ2) is 8.44. The Morgan fingerprint density at radius 3 is 2.88 bits per heavy atom. The molecule has 0 aromatic carbocycles. The Hall–Kier alpha value is -1.66. The zero-order valence-electron chi connectivity index (χ0n) is 14.0. The topological polar surface area (TPSA) is 83.5 Å². The predicted octanol–water partition coefficient (Wildman–Crippen LogP) is 1.95. The van der Waals surface area contributed by atoms with Gasteiger partial charge in [0, 0.05) is 25.4 Å². The molecule has 0 aliphatic heterocycles. The molecule has 24 heavy (non-hydrogen) atoms. The van der Waals surface area contributed by atoms with Crippen LogP contribution in [-0.4, -0.2) is 47.9 Å². The van der Waals surface area contributed by atoms with Gasteiger partial charge in [-0.05, 0) is 43.7 Å². The lowest BCUT2D eigenvalue weighted by atomic mass is 10.2. The largest absolute Gasteiger partial charge is 0.389 e. The maximum absolute atomic E-state index is 12.4. The Balaban J connectivity index is 1.46. The summed E-state index contributed by atoms with van der Waals surface area (Å²) >= 11 is 0. The Kier molecular flexibility index (Phi) is 6.04. The van der Waals surface area contributed by atoms with Crippen LogP contribution in [0, 0.1) is 5.92 Å². The van der Waals surface area contributed by atoms with Gasteiger partial charge < -0.3 is 20.5 Å². The number of carbonyl (C=O) groups excluding carboxylic acids is 1. The molecule has 2 fully saturated rings. The van der Waals surface area contributed by atoms with Crippen LogP contribution in [0.5, 0.6) is 0 Å². The molecule has 2 aliphatic rings. The summed E-state index contributed by atoms with van der Waals surface area (Å²) in [7, 11) is 0. The summed E-state index contributed by atoms with van der Waals surface area (Å²) < 4.78 is 5.44. The lowest BCUT2D eigenvalue weighted by Crippen LogP contribution is -2.35. The van der Waals surface area contributed by atoms with Gasteiger partial charge in [-0.3, -0.25) is 4.79 Å². The van der Waals surface area contributed by atoms with Crippen molar-refractivity contribution in [2.24, 2.45) is 5.92 Å². The van der Waals surface area contributed by atoms with Crippen molar-refractivity contribution in [3.63, 3.8) is 0 Å². The number of anilines is 1. The average molecular weight is 333 g/mol.